The molecule has 7 nitrogen and oxygen atoms in total. The Hall–Kier alpha value is -3.42. The molecule has 0 spiro atoms. The number of rotatable bonds is 2. The van der Waals surface area contributed by atoms with Gasteiger partial charge in [0.15, 0.2) is 6.39 Å². The highest BCUT2D eigenvalue weighted by Gasteiger charge is 2.37. The van der Waals surface area contributed by atoms with Crippen molar-refractivity contribution >= 4 is 16.9 Å². The predicted octanol–water partition coefficient (Wildman–Crippen LogP) is 3.07. The minimum atomic E-state index is -0.575. The average molecular weight is 352 g/mol. The van der Waals surface area contributed by atoms with E-state index >= 15 is 0 Å². The zero-order valence-corrected chi connectivity index (χ0v) is 13.5. The van der Waals surface area contributed by atoms with Gasteiger partial charge in [-0.2, -0.15) is 0 Å². The number of nitrogens with zero attached hydrogens (tertiary/aromatic N) is 3. The van der Waals surface area contributed by atoms with Crippen LogP contribution in [0.15, 0.2) is 52.0 Å². The number of carbonyl (C=O) groups is 1. The number of amides is 1. The van der Waals surface area contributed by atoms with Gasteiger partial charge in [0.1, 0.15) is 23.2 Å². The van der Waals surface area contributed by atoms with E-state index in [9.17, 15) is 9.18 Å². The third-order valence-corrected chi connectivity index (χ3v) is 4.63. The Kier molecular flexibility index (Phi) is 3.18. The molecule has 4 heterocycles. The maximum atomic E-state index is 14.1. The van der Waals surface area contributed by atoms with Crippen LogP contribution in [0, 0.1) is 5.82 Å². The van der Waals surface area contributed by atoms with Crippen molar-refractivity contribution in [3.05, 3.63) is 71.9 Å². The fourth-order valence-electron chi connectivity index (χ4n) is 3.43. The molecule has 1 aliphatic heterocycles. The van der Waals surface area contributed by atoms with Gasteiger partial charge in [-0.15, -0.1) is 0 Å². The molecule has 1 amide bonds. The molecule has 5 rings (SSSR count). The Morgan fingerprint density at radius 1 is 1.38 bits per heavy atom. The fourth-order valence-corrected chi connectivity index (χ4v) is 3.43. The van der Waals surface area contributed by atoms with Crippen molar-refractivity contribution in [1.82, 2.24) is 19.9 Å². The van der Waals surface area contributed by atoms with E-state index in [1.807, 2.05) is 0 Å². The normalized spacial score (nSPS) is 16.8. The van der Waals surface area contributed by atoms with Gasteiger partial charge in [-0.25, -0.2) is 14.4 Å². The summed E-state index contributed by atoms with van der Waals surface area (Å²) < 4.78 is 25.1. The second kappa shape index (κ2) is 5.55. The largest absolute Gasteiger partial charge is 0.458 e. The lowest BCUT2D eigenvalue weighted by molar-refractivity contribution is 0.0640. The standard InChI is InChI=1S/C18H13FN4O3/c19-11-2-1-3-13-10(11)6-14(26-13)17-16-12(21-8-22-16)4-5-23(17)18(24)15-7-20-9-25-15/h1-3,6-9,17H,4-5H2,(H,21,22)/t17-/m1/s1. The third kappa shape index (κ3) is 2.15. The molecule has 0 saturated heterocycles. The molecule has 0 saturated carbocycles. The molecule has 130 valence electrons. The first-order valence-corrected chi connectivity index (χ1v) is 8.12. The lowest BCUT2D eigenvalue weighted by Gasteiger charge is -2.32. The van der Waals surface area contributed by atoms with Gasteiger partial charge in [0.2, 0.25) is 5.76 Å². The smallest absolute Gasteiger partial charge is 0.292 e. The number of H-pyrrole nitrogens is 1. The summed E-state index contributed by atoms with van der Waals surface area (Å²) >= 11 is 0. The molecule has 3 aromatic heterocycles. The summed E-state index contributed by atoms with van der Waals surface area (Å²) in [5.41, 5.74) is 2.04. The van der Waals surface area contributed by atoms with E-state index in [1.165, 1.54) is 18.7 Å². The molecule has 1 N–H and O–H groups in total. The third-order valence-electron chi connectivity index (χ3n) is 4.63. The number of aromatic amines is 1. The maximum absolute atomic E-state index is 14.1. The molecular formula is C18H13FN4O3. The SMILES string of the molecule is O=C(c1cnco1)N1CCc2[nH]cnc2[C@H]1c1cc2c(F)cccc2o1. The van der Waals surface area contributed by atoms with E-state index in [4.69, 9.17) is 8.83 Å². The van der Waals surface area contributed by atoms with Crippen LogP contribution in [-0.2, 0) is 6.42 Å². The van der Waals surface area contributed by atoms with Crippen molar-refractivity contribution in [3.63, 3.8) is 0 Å². The van der Waals surface area contributed by atoms with Gasteiger partial charge in [0, 0.05) is 18.7 Å². The van der Waals surface area contributed by atoms with Crippen molar-refractivity contribution in [2.45, 2.75) is 12.5 Å². The molecule has 1 atom stereocenters. The highest BCUT2D eigenvalue weighted by atomic mass is 19.1. The number of oxazole rings is 1. The lowest BCUT2D eigenvalue weighted by atomic mass is 10.00. The Bertz CT molecular complexity index is 1100. The molecule has 1 aliphatic rings. The molecule has 0 unspecified atom stereocenters. The van der Waals surface area contributed by atoms with Gasteiger partial charge in [0.05, 0.1) is 23.6 Å². The minimum Gasteiger partial charge on any atom is -0.458 e. The Morgan fingerprint density at radius 2 is 2.31 bits per heavy atom. The number of fused-ring (bicyclic) bond motifs is 2. The number of benzene rings is 1. The Morgan fingerprint density at radius 3 is 3.12 bits per heavy atom. The maximum Gasteiger partial charge on any atom is 0.292 e. The number of hydrogen-bond acceptors (Lipinski definition) is 5. The van der Waals surface area contributed by atoms with Crippen LogP contribution in [0.3, 0.4) is 0 Å². The molecule has 0 bridgehead atoms. The number of halogens is 1. The van der Waals surface area contributed by atoms with E-state index in [2.05, 4.69) is 15.0 Å². The zero-order chi connectivity index (χ0) is 17.7. The van der Waals surface area contributed by atoms with Crippen molar-refractivity contribution < 1.29 is 18.0 Å². The number of nitrogens with one attached hydrogen (secondary N) is 1. The van der Waals surface area contributed by atoms with E-state index in [1.54, 1.807) is 29.4 Å². The number of carbonyl (C=O) groups excluding carboxylic acids is 1. The minimum absolute atomic E-state index is 0.135. The molecule has 0 aliphatic carbocycles. The first-order chi connectivity index (χ1) is 12.7. The van der Waals surface area contributed by atoms with Crippen molar-refractivity contribution in [1.29, 1.82) is 0 Å². The summed E-state index contributed by atoms with van der Waals surface area (Å²) in [6.45, 7) is 0.443. The predicted molar refractivity (Wildman–Crippen MR) is 87.8 cm³/mol. The molecule has 1 aromatic carbocycles. The van der Waals surface area contributed by atoms with Gasteiger partial charge in [-0.1, -0.05) is 6.07 Å². The first-order valence-electron chi connectivity index (χ1n) is 8.12. The highest BCUT2D eigenvalue weighted by molar-refractivity contribution is 5.92. The Balaban J connectivity index is 1.66. The van der Waals surface area contributed by atoms with Crippen molar-refractivity contribution in [3.8, 4) is 0 Å². The van der Waals surface area contributed by atoms with Crippen LogP contribution in [-0.4, -0.2) is 32.3 Å². The fraction of sp³-hybridized carbons (Fsp3) is 0.167. The van der Waals surface area contributed by atoms with Gasteiger partial charge in [0.25, 0.3) is 5.91 Å². The molecular weight excluding hydrogens is 339 g/mol. The van der Waals surface area contributed by atoms with Crippen LogP contribution in [0.2, 0.25) is 0 Å². The zero-order valence-electron chi connectivity index (χ0n) is 13.5. The van der Waals surface area contributed by atoms with Crippen LogP contribution in [0.25, 0.3) is 11.0 Å². The second-order valence-corrected chi connectivity index (χ2v) is 6.08. The average Bonchev–Trinajstić information content (AvgIpc) is 3.39. The monoisotopic (exact) mass is 352 g/mol. The molecule has 26 heavy (non-hydrogen) atoms. The summed E-state index contributed by atoms with van der Waals surface area (Å²) in [4.78, 5) is 25.8. The number of hydrogen-bond donors (Lipinski definition) is 1. The first kappa shape index (κ1) is 14.9. The summed E-state index contributed by atoms with van der Waals surface area (Å²) in [7, 11) is 0. The second-order valence-electron chi connectivity index (χ2n) is 6.08. The summed E-state index contributed by atoms with van der Waals surface area (Å²) in [6, 6.07) is 5.70. The van der Waals surface area contributed by atoms with E-state index < -0.39 is 6.04 Å². The van der Waals surface area contributed by atoms with Gasteiger partial charge in [-0.05, 0) is 18.2 Å². The molecule has 0 radical (unpaired) electrons. The van der Waals surface area contributed by atoms with Crippen LogP contribution >= 0.6 is 0 Å². The van der Waals surface area contributed by atoms with Crippen LogP contribution < -0.4 is 0 Å². The molecule has 4 aromatic rings. The van der Waals surface area contributed by atoms with Crippen LogP contribution in [0.5, 0.6) is 0 Å². The van der Waals surface area contributed by atoms with E-state index in [-0.39, 0.29) is 17.5 Å². The van der Waals surface area contributed by atoms with Crippen LogP contribution in [0.1, 0.15) is 33.7 Å². The molecule has 8 heteroatoms. The van der Waals surface area contributed by atoms with Gasteiger partial charge in [-0.3, -0.25) is 4.79 Å². The van der Waals surface area contributed by atoms with Crippen LogP contribution in [0.4, 0.5) is 4.39 Å². The van der Waals surface area contributed by atoms with Gasteiger partial charge >= 0.3 is 0 Å². The van der Waals surface area contributed by atoms with Crippen molar-refractivity contribution in [2.24, 2.45) is 0 Å². The number of imidazole rings is 1. The summed E-state index contributed by atoms with van der Waals surface area (Å²) in [6.07, 6.45) is 4.80. The van der Waals surface area contributed by atoms with E-state index in [0.717, 1.165) is 5.69 Å². The summed E-state index contributed by atoms with van der Waals surface area (Å²) in [5.74, 6) is -0.104. The van der Waals surface area contributed by atoms with Crippen molar-refractivity contribution in [2.75, 3.05) is 6.54 Å². The molecule has 0 fully saturated rings. The quantitative estimate of drug-likeness (QED) is 0.599. The topological polar surface area (TPSA) is 88.2 Å². The summed E-state index contributed by atoms with van der Waals surface area (Å²) in [5, 5.41) is 0.372. The number of furan rings is 1. The highest BCUT2D eigenvalue weighted by Crippen LogP contribution is 2.37. The van der Waals surface area contributed by atoms with Gasteiger partial charge < -0.3 is 18.7 Å². The van der Waals surface area contributed by atoms with E-state index in [0.29, 0.717) is 35.4 Å². The lowest BCUT2D eigenvalue weighted by Crippen LogP contribution is -2.40. The Labute approximate surface area is 146 Å². The number of aromatic nitrogens is 3.